The predicted molar refractivity (Wildman–Crippen MR) is 109 cm³/mol. The van der Waals surface area contributed by atoms with Crippen molar-refractivity contribution < 1.29 is 14.3 Å². The van der Waals surface area contributed by atoms with Crippen molar-refractivity contribution >= 4 is 11.8 Å². The molecule has 0 aromatic heterocycles. The summed E-state index contributed by atoms with van der Waals surface area (Å²) in [5, 5.41) is 2.89. The summed E-state index contributed by atoms with van der Waals surface area (Å²) in [6, 6.07) is 23.7. The maximum absolute atomic E-state index is 12.5. The first-order chi connectivity index (χ1) is 13.5. The maximum Gasteiger partial charge on any atom is 0.253 e. The van der Waals surface area contributed by atoms with Crippen LogP contribution in [0.3, 0.4) is 0 Å². The molecule has 0 aliphatic carbocycles. The molecular weight excluding hydrogens is 352 g/mol. The van der Waals surface area contributed by atoms with Gasteiger partial charge in [0.1, 0.15) is 11.5 Å². The Labute approximate surface area is 164 Å². The minimum absolute atomic E-state index is 0.0502. The molecule has 0 aliphatic rings. The van der Waals surface area contributed by atoms with Crippen LogP contribution in [0.25, 0.3) is 0 Å². The molecule has 2 amide bonds. The molecule has 28 heavy (non-hydrogen) atoms. The third-order valence-electron chi connectivity index (χ3n) is 4.14. The first kappa shape index (κ1) is 19.2. The van der Waals surface area contributed by atoms with E-state index in [1.807, 2.05) is 48.5 Å². The molecule has 0 atom stereocenters. The summed E-state index contributed by atoms with van der Waals surface area (Å²) in [5.74, 6) is 1.08. The van der Waals surface area contributed by atoms with E-state index in [1.165, 1.54) is 4.90 Å². The lowest BCUT2D eigenvalue weighted by molar-refractivity contribution is 0.0827. The van der Waals surface area contributed by atoms with Crippen molar-refractivity contribution in [1.82, 2.24) is 10.2 Å². The molecule has 5 nitrogen and oxygen atoms in total. The summed E-state index contributed by atoms with van der Waals surface area (Å²) in [4.78, 5) is 25.9. The number of benzene rings is 3. The highest BCUT2D eigenvalue weighted by Gasteiger charge is 2.09. The van der Waals surface area contributed by atoms with Crippen molar-refractivity contribution in [2.75, 3.05) is 14.1 Å². The lowest BCUT2D eigenvalue weighted by atomic mass is 10.1. The van der Waals surface area contributed by atoms with Crippen molar-refractivity contribution in [3.8, 4) is 11.5 Å². The van der Waals surface area contributed by atoms with Gasteiger partial charge in [-0.1, -0.05) is 36.4 Å². The van der Waals surface area contributed by atoms with Crippen LogP contribution in [0.15, 0.2) is 78.9 Å². The van der Waals surface area contributed by atoms with Crippen LogP contribution in [0.4, 0.5) is 0 Å². The molecule has 3 rings (SSSR count). The van der Waals surface area contributed by atoms with Crippen molar-refractivity contribution in [1.29, 1.82) is 0 Å². The van der Waals surface area contributed by atoms with Crippen LogP contribution in [0.1, 0.15) is 26.3 Å². The van der Waals surface area contributed by atoms with Gasteiger partial charge in [-0.25, -0.2) is 0 Å². The topological polar surface area (TPSA) is 58.6 Å². The Morgan fingerprint density at radius 3 is 2.18 bits per heavy atom. The summed E-state index contributed by atoms with van der Waals surface area (Å²) in [6.45, 7) is 0.374. The molecule has 0 saturated carbocycles. The van der Waals surface area contributed by atoms with E-state index in [9.17, 15) is 9.59 Å². The van der Waals surface area contributed by atoms with Crippen LogP contribution < -0.4 is 10.1 Å². The second-order valence-corrected chi connectivity index (χ2v) is 6.52. The van der Waals surface area contributed by atoms with Gasteiger partial charge in [0.25, 0.3) is 11.8 Å². The molecule has 3 aromatic carbocycles. The quantitative estimate of drug-likeness (QED) is 0.706. The molecule has 0 radical (unpaired) electrons. The summed E-state index contributed by atoms with van der Waals surface area (Å²) in [6.07, 6.45) is 0. The van der Waals surface area contributed by atoms with E-state index in [-0.39, 0.29) is 11.8 Å². The molecule has 0 spiro atoms. The van der Waals surface area contributed by atoms with Gasteiger partial charge in [-0.05, 0) is 48.0 Å². The lowest BCUT2D eigenvalue weighted by Crippen LogP contribution is -2.23. The molecule has 0 heterocycles. The largest absolute Gasteiger partial charge is 0.457 e. The van der Waals surface area contributed by atoms with Crippen molar-refractivity contribution in [2.45, 2.75) is 6.54 Å². The van der Waals surface area contributed by atoms with Crippen LogP contribution >= 0.6 is 0 Å². The predicted octanol–water partition coefficient (Wildman–Crippen LogP) is 4.11. The number of nitrogens with one attached hydrogen (secondary N) is 1. The van der Waals surface area contributed by atoms with E-state index >= 15 is 0 Å². The number of nitrogens with zero attached hydrogens (tertiary/aromatic N) is 1. The zero-order valence-corrected chi connectivity index (χ0v) is 15.9. The fraction of sp³-hybridized carbons (Fsp3) is 0.130. The van der Waals surface area contributed by atoms with Gasteiger partial charge in [-0.15, -0.1) is 0 Å². The summed E-state index contributed by atoms with van der Waals surface area (Å²) in [5.41, 5.74) is 2.05. The maximum atomic E-state index is 12.5. The standard InChI is InChI=1S/C23H22N2O3/c1-25(2)23(27)18-13-11-17(12-14-18)16-24-22(26)19-7-6-10-21(15-19)28-20-8-4-3-5-9-20/h3-15H,16H2,1-2H3,(H,24,26). The zero-order valence-electron chi connectivity index (χ0n) is 15.9. The van der Waals surface area contributed by atoms with Gasteiger partial charge in [0.15, 0.2) is 0 Å². The molecule has 0 bridgehead atoms. The number of para-hydroxylation sites is 1. The molecule has 0 fully saturated rings. The second kappa shape index (κ2) is 8.86. The van der Waals surface area contributed by atoms with E-state index in [0.29, 0.717) is 29.2 Å². The van der Waals surface area contributed by atoms with Gasteiger partial charge in [0.2, 0.25) is 0 Å². The van der Waals surface area contributed by atoms with Gasteiger partial charge in [-0.2, -0.15) is 0 Å². The zero-order chi connectivity index (χ0) is 19.9. The van der Waals surface area contributed by atoms with Gasteiger partial charge in [0, 0.05) is 31.8 Å². The Balaban J connectivity index is 1.60. The smallest absolute Gasteiger partial charge is 0.253 e. The molecule has 142 valence electrons. The van der Waals surface area contributed by atoms with Gasteiger partial charge in [0.05, 0.1) is 0 Å². The first-order valence-electron chi connectivity index (χ1n) is 8.95. The molecule has 0 aliphatic heterocycles. The highest BCUT2D eigenvalue weighted by atomic mass is 16.5. The highest BCUT2D eigenvalue weighted by Crippen LogP contribution is 2.21. The van der Waals surface area contributed by atoms with Crippen LogP contribution in [-0.2, 0) is 6.54 Å². The molecule has 0 unspecified atom stereocenters. The van der Waals surface area contributed by atoms with Crippen LogP contribution in [0, 0.1) is 0 Å². The third-order valence-corrected chi connectivity index (χ3v) is 4.14. The summed E-state index contributed by atoms with van der Waals surface area (Å²) in [7, 11) is 3.43. The Bertz CT molecular complexity index is 951. The van der Waals surface area contributed by atoms with E-state index in [1.54, 1.807) is 44.4 Å². The third kappa shape index (κ3) is 4.98. The monoisotopic (exact) mass is 374 g/mol. The number of carbonyl (C=O) groups excluding carboxylic acids is 2. The number of hydrogen-bond acceptors (Lipinski definition) is 3. The van der Waals surface area contributed by atoms with Gasteiger partial charge < -0.3 is 15.0 Å². The van der Waals surface area contributed by atoms with Crippen LogP contribution in [0.2, 0.25) is 0 Å². The molecular formula is C23H22N2O3. The lowest BCUT2D eigenvalue weighted by Gasteiger charge is -2.11. The first-order valence-corrected chi connectivity index (χ1v) is 8.95. The minimum Gasteiger partial charge on any atom is -0.457 e. The Hall–Kier alpha value is -3.60. The summed E-state index contributed by atoms with van der Waals surface area (Å²) < 4.78 is 5.77. The van der Waals surface area contributed by atoms with E-state index < -0.39 is 0 Å². The normalized spacial score (nSPS) is 10.2. The van der Waals surface area contributed by atoms with Crippen LogP contribution in [-0.4, -0.2) is 30.8 Å². The van der Waals surface area contributed by atoms with Crippen LogP contribution in [0.5, 0.6) is 11.5 Å². The van der Waals surface area contributed by atoms with Gasteiger partial charge in [-0.3, -0.25) is 9.59 Å². The fourth-order valence-corrected chi connectivity index (χ4v) is 2.63. The number of carbonyl (C=O) groups is 2. The van der Waals surface area contributed by atoms with Crippen molar-refractivity contribution in [3.05, 3.63) is 95.6 Å². The fourth-order valence-electron chi connectivity index (χ4n) is 2.63. The molecule has 3 aromatic rings. The summed E-state index contributed by atoms with van der Waals surface area (Å²) >= 11 is 0. The number of amides is 2. The SMILES string of the molecule is CN(C)C(=O)c1ccc(CNC(=O)c2cccc(Oc3ccccc3)c2)cc1. The Morgan fingerprint density at radius 1 is 0.821 bits per heavy atom. The number of hydrogen-bond donors (Lipinski definition) is 1. The van der Waals surface area contributed by atoms with E-state index in [0.717, 1.165) is 5.56 Å². The molecule has 1 N–H and O–H groups in total. The second-order valence-electron chi connectivity index (χ2n) is 6.52. The Morgan fingerprint density at radius 2 is 1.50 bits per heavy atom. The average Bonchev–Trinajstić information content (AvgIpc) is 2.72. The number of rotatable bonds is 6. The van der Waals surface area contributed by atoms with Crippen molar-refractivity contribution in [3.63, 3.8) is 0 Å². The van der Waals surface area contributed by atoms with E-state index in [2.05, 4.69) is 5.32 Å². The highest BCUT2D eigenvalue weighted by molar-refractivity contribution is 5.95. The average molecular weight is 374 g/mol. The van der Waals surface area contributed by atoms with Gasteiger partial charge >= 0.3 is 0 Å². The van der Waals surface area contributed by atoms with Crippen molar-refractivity contribution in [2.24, 2.45) is 0 Å². The minimum atomic E-state index is -0.188. The molecule has 0 saturated heterocycles. The van der Waals surface area contributed by atoms with E-state index in [4.69, 9.17) is 4.74 Å². The molecule has 5 heteroatoms. The Kier molecular flexibility index (Phi) is 6.07. The number of ether oxygens (including phenoxy) is 1.